The lowest BCUT2D eigenvalue weighted by molar-refractivity contribution is 0.101. The highest BCUT2D eigenvalue weighted by Crippen LogP contribution is 2.28. The van der Waals surface area contributed by atoms with Gasteiger partial charge in [0.15, 0.2) is 0 Å². The number of hydrogen-bond acceptors (Lipinski definition) is 4. The standard InChI is InChI=1S/C10H9Cl2N5O/c1-4-2-6(12)7(3-5(4)11)14-9(18)8-15-10(13)17-16-8/h2-3H,1H3,(H,14,18)(H3,13,15,16,17). The molecule has 2 aromatic rings. The van der Waals surface area contributed by atoms with Crippen LogP contribution in [0.4, 0.5) is 11.6 Å². The monoisotopic (exact) mass is 285 g/mol. The minimum absolute atomic E-state index is 0.000245. The van der Waals surface area contributed by atoms with Crippen LogP contribution in [0.25, 0.3) is 0 Å². The minimum atomic E-state index is -0.499. The molecular formula is C10H9Cl2N5O. The van der Waals surface area contributed by atoms with Gasteiger partial charge in [-0.15, -0.1) is 5.10 Å². The lowest BCUT2D eigenvalue weighted by atomic mass is 10.2. The van der Waals surface area contributed by atoms with Gasteiger partial charge in [0.1, 0.15) is 0 Å². The molecule has 0 aliphatic heterocycles. The third-order valence-electron chi connectivity index (χ3n) is 2.21. The topological polar surface area (TPSA) is 96.7 Å². The lowest BCUT2D eigenvalue weighted by Gasteiger charge is -2.07. The van der Waals surface area contributed by atoms with Crippen LogP contribution in [0, 0.1) is 6.92 Å². The normalized spacial score (nSPS) is 10.4. The smallest absolute Gasteiger partial charge is 0.293 e. The van der Waals surface area contributed by atoms with Gasteiger partial charge in [-0.05, 0) is 24.6 Å². The van der Waals surface area contributed by atoms with Crippen molar-refractivity contribution in [2.75, 3.05) is 11.1 Å². The second-order valence-corrected chi connectivity index (χ2v) is 4.39. The lowest BCUT2D eigenvalue weighted by Crippen LogP contribution is -2.14. The average molecular weight is 286 g/mol. The predicted molar refractivity (Wildman–Crippen MR) is 69.9 cm³/mol. The number of carbonyl (C=O) groups is 1. The molecule has 1 heterocycles. The molecule has 0 aliphatic rings. The Labute approximate surface area is 112 Å². The number of aromatic nitrogens is 3. The van der Waals surface area contributed by atoms with Gasteiger partial charge in [-0.3, -0.25) is 9.89 Å². The number of benzene rings is 1. The summed E-state index contributed by atoms with van der Waals surface area (Å²) >= 11 is 11.9. The highest BCUT2D eigenvalue weighted by atomic mass is 35.5. The van der Waals surface area contributed by atoms with Crippen LogP contribution in [0.1, 0.15) is 16.2 Å². The molecule has 0 fully saturated rings. The Hall–Kier alpha value is -1.79. The third kappa shape index (κ3) is 2.55. The quantitative estimate of drug-likeness (QED) is 0.788. The van der Waals surface area contributed by atoms with E-state index < -0.39 is 5.91 Å². The van der Waals surface area contributed by atoms with Crippen LogP contribution < -0.4 is 11.1 Å². The molecule has 0 bridgehead atoms. The van der Waals surface area contributed by atoms with Crippen LogP contribution in [0.3, 0.4) is 0 Å². The zero-order valence-corrected chi connectivity index (χ0v) is 10.8. The minimum Gasteiger partial charge on any atom is -0.366 e. The number of aromatic amines is 1. The summed E-state index contributed by atoms with van der Waals surface area (Å²) in [5.74, 6) is -0.505. The number of amides is 1. The first-order valence-electron chi connectivity index (χ1n) is 4.92. The van der Waals surface area contributed by atoms with E-state index in [2.05, 4.69) is 20.5 Å². The molecule has 8 heteroatoms. The van der Waals surface area contributed by atoms with Crippen molar-refractivity contribution < 1.29 is 4.79 Å². The number of carbonyl (C=O) groups excluding carboxylic acids is 1. The van der Waals surface area contributed by atoms with Crippen molar-refractivity contribution in [3.05, 3.63) is 33.6 Å². The maximum absolute atomic E-state index is 11.8. The van der Waals surface area contributed by atoms with Crippen molar-refractivity contribution in [2.24, 2.45) is 0 Å². The largest absolute Gasteiger partial charge is 0.366 e. The highest BCUT2D eigenvalue weighted by molar-refractivity contribution is 6.36. The van der Waals surface area contributed by atoms with E-state index in [1.54, 1.807) is 12.1 Å². The summed E-state index contributed by atoms with van der Waals surface area (Å²) in [6.07, 6.45) is 0. The SMILES string of the molecule is Cc1cc(Cl)c(NC(=O)c2nc(N)n[nH]2)cc1Cl. The average Bonchev–Trinajstić information content (AvgIpc) is 2.73. The maximum Gasteiger partial charge on any atom is 0.293 e. The first-order chi connectivity index (χ1) is 8.47. The number of nitrogens with one attached hydrogen (secondary N) is 2. The van der Waals surface area contributed by atoms with E-state index in [-0.39, 0.29) is 11.8 Å². The molecule has 1 aromatic carbocycles. The van der Waals surface area contributed by atoms with E-state index in [9.17, 15) is 4.79 Å². The second kappa shape index (κ2) is 4.83. The molecule has 0 atom stereocenters. The zero-order chi connectivity index (χ0) is 13.3. The van der Waals surface area contributed by atoms with Gasteiger partial charge in [0.2, 0.25) is 11.8 Å². The highest BCUT2D eigenvalue weighted by Gasteiger charge is 2.13. The molecule has 2 rings (SSSR count). The van der Waals surface area contributed by atoms with Crippen molar-refractivity contribution in [1.29, 1.82) is 0 Å². The molecule has 0 spiro atoms. The molecule has 0 saturated carbocycles. The van der Waals surface area contributed by atoms with Gasteiger partial charge < -0.3 is 11.1 Å². The molecule has 0 saturated heterocycles. The van der Waals surface area contributed by atoms with Crippen LogP contribution in [-0.4, -0.2) is 21.1 Å². The number of aryl methyl sites for hydroxylation is 1. The Morgan fingerprint density at radius 2 is 2.11 bits per heavy atom. The van der Waals surface area contributed by atoms with E-state index in [0.29, 0.717) is 15.7 Å². The van der Waals surface area contributed by atoms with Gasteiger partial charge in [0, 0.05) is 5.02 Å². The second-order valence-electron chi connectivity index (χ2n) is 3.58. The molecule has 4 N–H and O–H groups in total. The number of anilines is 2. The molecule has 18 heavy (non-hydrogen) atoms. The molecule has 0 radical (unpaired) electrons. The molecule has 1 amide bonds. The van der Waals surface area contributed by atoms with Gasteiger partial charge in [0.05, 0.1) is 10.7 Å². The summed E-state index contributed by atoms with van der Waals surface area (Å²) in [6.45, 7) is 1.82. The van der Waals surface area contributed by atoms with Crippen LogP contribution >= 0.6 is 23.2 Å². The number of halogens is 2. The van der Waals surface area contributed by atoms with Gasteiger partial charge in [-0.1, -0.05) is 23.2 Å². The first kappa shape index (κ1) is 12.7. The number of H-pyrrole nitrogens is 1. The third-order valence-corrected chi connectivity index (χ3v) is 2.93. The van der Waals surface area contributed by atoms with E-state index in [4.69, 9.17) is 28.9 Å². The Morgan fingerprint density at radius 3 is 2.72 bits per heavy atom. The fraction of sp³-hybridized carbons (Fsp3) is 0.100. The maximum atomic E-state index is 11.8. The number of nitrogen functional groups attached to an aromatic ring is 1. The van der Waals surface area contributed by atoms with Crippen molar-refractivity contribution in [3.63, 3.8) is 0 Å². The molecule has 6 nitrogen and oxygen atoms in total. The van der Waals surface area contributed by atoms with Gasteiger partial charge in [-0.2, -0.15) is 4.98 Å². The van der Waals surface area contributed by atoms with E-state index in [1.807, 2.05) is 6.92 Å². The summed E-state index contributed by atoms with van der Waals surface area (Å²) in [5.41, 5.74) is 6.52. The van der Waals surface area contributed by atoms with Crippen molar-refractivity contribution in [2.45, 2.75) is 6.92 Å². The van der Waals surface area contributed by atoms with Gasteiger partial charge >= 0.3 is 0 Å². The molecule has 0 aliphatic carbocycles. The van der Waals surface area contributed by atoms with Crippen molar-refractivity contribution in [3.8, 4) is 0 Å². The van der Waals surface area contributed by atoms with Crippen molar-refractivity contribution >= 4 is 40.7 Å². The van der Waals surface area contributed by atoms with Crippen LogP contribution in [0.15, 0.2) is 12.1 Å². The molecular weight excluding hydrogens is 277 g/mol. The van der Waals surface area contributed by atoms with E-state index >= 15 is 0 Å². The summed E-state index contributed by atoms with van der Waals surface area (Å²) in [4.78, 5) is 15.5. The molecule has 0 unspecified atom stereocenters. The van der Waals surface area contributed by atoms with Crippen LogP contribution in [-0.2, 0) is 0 Å². The Balaban J connectivity index is 2.24. The fourth-order valence-corrected chi connectivity index (χ4v) is 1.73. The van der Waals surface area contributed by atoms with Gasteiger partial charge in [0.25, 0.3) is 5.91 Å². The van der Waals surface area contributed by atoms with Crippen LogP contribution in [0.5, 0.6) is 0 Å². The number of nitrogens with two attached hydrogens (primary N) is 1. The molecule has 1 aromatic heterocycles. The predicted octanol–water partition coefficient (Wildman–Crippen LogP) is 2.25. The van der Waals surface area contributed by atoms with E-state index in [0.717, 1.165) is 5.56 Å². The summed E-state index contributed by atoms with van der Waals surface area (Å²) < 4.78 is 0. The Kier molecular flexibility index (Phi) is 3.40. The van der Waals surface area contributed by atoms with Crippen LogP contribution in [0.2, 0.25) is 10.0 Å². The molecule has 94 valence electrons. The Morgan fingerprint density at radius 1 is 1.39 bits per heavy atom. The first-order valence-corrected chi connectivity index (χ1v) is 5.68. The summed E-state index contributed by atoms with van der Waals surface area (Å²) in [5, 5.41) is 9.41. The summed E-state index contributed by atoms with van der Waals surface area (Å²) in [7, 11) is 0. The zero-order valence-electron chi connectivity index (χ0n) is 9.29. The van der Waals surface area contributed by atoms with E-state index in [1.165, 1.54) is 0 Å². The Bertz CT molecular complexity index is 610. The van der Waals surface area contributed by atoms with Gasteiger partial charge in [-0.25, -0.2) is 0 Å². The number of rotatable bonds is 2. The summed E-state index contributed by atoms with van der Waals surface area (Å²) in [6, 6.07) is 3.23. The fourth-order valence-electron chi connectivity index (χ4n) is 1.30. The van der Waals surface area contributed by atoms with Crippen molar-refractivity contribution in [1.82, 2.24) is 15.2 Å². The number of nitrogens with zero attached hydrogens (tertiary/aromatic N) is 2. The number of hydrogen-bond donors (Lipinski definition) is 3.